The second-order valence-electron chi connectivity index (χ2n) is 6.61. The lowest BCUT2D eigenvalue weighted by atomic mass is 10.0. The second kappa shape index (κ2) is 8.22. The molecule has 2 aromatic carbocycles. The molecule has 0 bridgehead atoms. The molecule has 0 saturated carbocycles. The van der Waals surface area contributed by atoms with E-state index in [4.69, 9.17) is 4.74 Å². The third-order valence-corrected chi connectivity index (χ3v) is 4.78. The predicted molar refractivity (Wildman–Crippen MR) is 106 cm³/mol. The highest BCUT2D eigenvalue weighted by Crippen LogP contribution is 2.29. The van der Waals surface area contributed by atoms with Crippen molar-refractivity contribution in [2.75, 3.05) is 23.9 Å². The quantitative estimate of drug-likeness (QED) is 0.823. The highest BCUT2D eigenvalue weighted by molar-refractivity contribution is 6.11. The molecule has 0 saturated heterocycles. The van der Waals surface area contributed by atoms with Gasteiger partial charge in [-0.05, 0) is 43.2 Å². The third-order valence-electron chi connectivity index (χ3n) is 4.78. The van der Waals surface area contributed by atoms with E-state index in [9.17, 15) is 9.59 Å². The Labute approximate surface area is 159 Å². The molecule has 1 heterocycles. The van der Waals surface area contributed by atoms with E-state index in [1.807, 2.05) is 49.4 Å². The first-order valence-electron chi connectivity index (χ1n) is 9.13. The number of benzene rings is 2. The Balaban J connectivity index is 1.75. The SMILES string of the molecule is CC[C@H](N[C@H](C)C(=O)N1CC(=O)Nc2ccccc21)c1ccc(OC)cc1. The Bertz CT molecular complexity index is 820. The molecule has 6 heteroatoms. The summed E-state index contributed by atoms with van der Waals surface area (Å²) < 4.78 is 5.21. The highest BCUT2D eigenvalue weighted by atomic mass is 16.5. The van der Waals surface area contributed by atoms with Crippen LogP contribution in [0.15, 0.2) is 48.5 Å². The van der Waals surface area contributed by atoms with Crippen molar-refractivity contribution in [3.8, 4) is 5.75 Å². The molecule has 142 valence electrons. The zero-order valence-electron chi connectivity index (χ0n) is 15.9. The van der Waals surface area contributed by atoms with E-state index in [1.165, 1.54) is 0 Å². The number of fused-ring (bicyclic) bond motifs is 1. The lowest BCUT2D eigenvalue weighted by molar-refractivity contribution is -0.123. The van der Waals surface area contributed by atoms with Gasteiger partial charge in [0.25, 0.3) is 0 Å². The van der Waals surface area contributed by atoms with Crippen LogP contribution in [0.3, 0.4) is 0 Å². The average Bonchev–Trinajstić information content (AvgIpc) is 2.70. The minimum absolute atomic E-state index is 0.0290. The maximum absolute atomic E-state index is 13.1. The Morgan fingerprint density at radius 3 is 2.59 bits per heavy atom. The molecule has 0 spiro atoms. The number of hydrogen-bond acceptors (Lipinski definition) is 4. The van der Waals surface area contributed by atoms with Crippen molar-refractivity contribution in [1.82, 2.24) is 5.32 Å². The minimum atomic E-state index is -0.434. The van der Waals surface area contributed by atoms with Crippen LogP contribution in [0, 0.1) is 0 Å². The molecule has 0 fully saturated rings. The zero-order valence-corrected chi connectivity index (χ0v) is 15.9. The van der Waals surface area contributed by atoms with Gasteiger partial charge < -0.3 is 10.1 Å². The van der Waals surface area contributed by atoms with Crippen molar-refractivity contribution < 1.29 is 14.3 Å². The fraction of sp³-hybridized carbons (Fsp3) is 0.333. The Morgan fingerprint density at radius 2 is 1.93 bits per heavy atom. The number of rotatable bonds is 6. The number of nitrogens with zero attached hydrogens (tertiary/aromatic N) is 1. The second-order valence-corrected chi connectivity index (χ2v) is 6.61. The van der Waals surface area contributed by atoms with Crippen LogP contribution < -0.4 is 20.3 Å². The van der Waals surface area contributed by atoms with Crippen LogP contribution >= 0.6 is 0 Å². The lowest BCUT2D eigenvalue weighted by Gasteiger charge is -2.32. The molecule has 3 rings (SSSR count). The smallest absolute Gasteiger partial charge is 0.244 e. The molecule has 0 aromatic heterocycles. The van der Waals surface area contributed by atoms with E-state index in [0.717, 1.165) is 23.4 Å². The number of anilines is 2. The van der Waals surface area contributed by atoms with Gasteiger partial charge in [0.05, 0.1) is 24.5 Å². The molecular formula is C21H25N3O3. The molecule has 1 aliphatic heterocycles. The summed E-state index contributed by atoms with van der Waals surface area (Å²) in [5, 5.41) is 6.21. The molecular weight excluding hydrogens is 342 g/mol. The largest absolute Gasteiger partial charge is 0.497 e. The molecule has 2 N–H and O–H groups in total. The summed E-state index contributed by atoms with van der Waals surface area (Å²) in [4.78, 5) is 26.6. The summed E-state index contributed by atoms with van der Waals surface area (Å²) in [6.45, 7) is 3.94. The summed E-state index contributed by atoms with van der Waals surface area (Å²) >= 11 is 0. The van der Waals surface area contributed by atoms with Crippen molar-refractivity contribution in [2.45, 2.75) is 32.4 Å². The summed E-state index contributed by atoms with van der Waals surface area (Å²) in [5.41, 5.74) is 2.49. The van der Waals surface area contributed by atoms with Gasteiger partial charge in [-0.15, -0.1) is 0 Å². The Hall–Kier alpha value is -2.86. The van der Waals surface area contributed by atoms with E-state index in [1.54, 1.807) is 18.1 Å². The van der Waals surface area contributed by atoms with Crippen molar-refractivity contribution >= 4 is 23.2 Å². The molecule has 6 nitrogen and oxygen atoms in total. The number of ether oxygens (including phenoxy) is 1. The molecule has 0 radical (unpaired) electrons. The van der Waals surface area contributed by atoms with Crippen molar-refractivity contribution in [3.05, 3.63) is 54.1 Å². The number of carbonyl (C=O) groups excluding carboxylic acids is 2. The number of hydrogen-bond donors (Lipinski definition) is 2. The maximum atomic E-state index is 13.1. The summed E-state index contributed by atoms with van der Waals surface area (Å²) in [5.74, 6) is 0.495. The van der Waals surface area contributed by atoms with E-state index in [-0.39, 0.29) is 24.4 Å². The van der Waals surface area contributed by atoms with Gasteiger partial charge >= 0.3 is 0 Å². The van der Waals surface area contributed by atoms with Crippen molar-refractivity contribution in [1.29, 1.82) is 0 Å². The molecule has 2 atom stereocenters. The van der Waals surface area contributed by atoms with Gasteiger partial charge in [-0.1, -0.05) is 31.2 Å². The van der Waals surface area contributed by atoms with Crippen LogP contribution in [0.4, 0.5) is 11.4 Å². The minimum Gasteiger partial charge on any atom is -0.497 e. The molecule has 0 aliphatic carbocycles. The molecule has 2 aromatic rings. The van der Waals surface area contributed by atoms with Gasteiger partial charge in [-0.2, -0.15) is 0 Å². The van der Waals surface area contributed by atoms with Crippen LogP contribution in [0.2, 0.25) is 0 Å². The van der Waals surface area contributed by atoms with Gasteiger partial charge in [-0.25, -0.2) is 0 Å². The molecule has 27 heavy (non-hydrogen) atoms. The van der Waals surface area contributed by atoms with Crippen LogP contribution in [-0.4, -0.2) is 31.5 Å². The monoisotopic (exact) mass is 367 g/mol. The Kier molecular flexibility index (Phi) is 5.76. The van der Waals surface area contributed by atoms with Gasteiger partial charge in [0, 0.05) is 6.04 Å². The van der Waals surface area contributed by atoms with Gasteiger partial charge in [0.15, 0.2) is 0 Å². The first-order valence-corrected chi connectivity index (χ1v) is 9.13. The van der Waals surface area contributed by atoms with Crippen LogP contribution in [0.1, 0.15) is 31.9 Å². The zero-order chi connectivity index (χ0) is 19.4. The normalized spacial score (nSPS) is 15.5. The predicted octanol–water partition coefficient (Wildman–Crippen LogP) is 3.11. The fourth-order valence-electron chi connectivity index (χ4n) is 3.32. The molecule has 1 aliphatic rings. The number of nitrogens with one attached hydrogen (secondary N) is 2. The van der Waals surface area contributed by atoms with E-state index in [2.05, 4.69) is 17.6 Å². The number of carbonyl (C=O) groups is 2. The maximum Gasteiger partial charge on any atom is 0.244 e. The van der Waals surface area contributed by atoms with E-state index in [0.29, 0.717) is 5.69 Å². The first-order chi connectivity index (χ1) is 13.0. The van der Waals surface area contributed by atoms with Crippen molar-refractivity contribution in [3.63, 3.8) is 0 Å². The fourth-order valence-corrected chi connectivity index (χ4v) is 3.32. The van der Waals surface area contributed by atoms with E-state index < -0.39 is 6.04 Å². The molecule has 2 amide bonds. The topological polar surface area (TPSA) is 70.7 Å². The first kappa shape index (κ1) is 18.9. The number of amides is 2. The number of para-hydroxylation sites is 2. The van der Waals surface area contributed by atoms with Gasteiger partial charge in [0.2, 0.25) is 11.8 Å². The summed E-state index contributed by atoms with van der Waals surface area (Å²) in [6, 6.07) is 14.8. The Morgan fingerprint density at radius 1 is 1.22 bits per heavy atom. The average molecular weight is 367 g/mol. The number of methoxy groups -OCH3 is 1. The highest BCUT2D eigenvalue weighted by Gasteiger charge is 2.30. The van der Waals surface area contributed by atoms with Crippen LogP contribution in [0.25, 0.3) is 0 Å². The van der Waals surface area contributed by atoms with Gasteiger partial charge in [0.1, 0.15) is 12.3 Å². The standard InChI is InChI=1S/C21H25N3O3/c1-4-17(15-9-11-16(27-3)12-10-15)22-14(2)21(26)24-13-20(25)23-18-7-5-6-8-19(18)24/h5-12,14,17,22H,4,13H2,1-3H3,(H,23,25)/t14-,17+/m1/s1. The summed E-state index contributed by atoms with van der Waals surface area (Å²) in [7, 11) is 1.64. The van der Waals surface area contributed by atoms with Crippen LogP contribution in [0.5, 0.6) is 5.75 Å². The molecule has 0 unspecified atom stereocenters. The van der Waals surface area contributed by atoms with E-state index >= 15 is 0 Å². The van der Waals surface area contributed by atoms with Crippen LogP contribution in [-0.2, 0) is 9.59 Å². The van der Waals surface area contributed by atoms with Crippen molar-refractivity contribution in [2.24, 2.45) is 0 Å². The summed E-state index contributed by atoms with van der Waals surface area (Å²) in [6.07, 6.45) is 0.834. The third kappa shape index (κ3) is 4.11. The van der Waals surface area contributed by atoms with Gasteiger partial charge in [-0.3, -0.25) is 19.8 Å². The lowest BCUT2D eigenvalue weighted by Crippen LogP contribution is -2.50.